The molecule has 1 aromatic carbocycles. The Morgan fingerprint density at radius 2 is 1.96 bits per heavy atom. The van der Waals surface area contributed by atoms with E-state index in [0.29, 0.717) is 30.3 Å². The van der Waals surface area contributed by atoms with E-state index >= 15 is 0 Å². The molecule has 1 atom stereocenters. The molecule has 6 heteroatoms. The molecule has 1 heterocycles. The standard InChI is InChI=1S/C17H25N3O2S/c1-17(2,3)13-6-4-12(5-7-13)16(22)20-11-23-10-14(20)15(21)19-9-8-18/h4-7,14H,8-11,18H2,1-3H3,(H,19,21). The average molecular weight is 335 g/mol. The van der Waals surface area contributed by atoms with Crippen molar-refractivity contribution in [2.24, 2.45) is 5.73 Å². The van der Waals surface area contributed by atoms with Gasteiger partial charge in [-0.05, 0) is 23.1 Å². The van der Waals surface area contributed by atoms with Crippen LogP contribution in [0.25, 0.3) is 0 Å². The van der Waals surface area contributed by atoms with Crippen molar-refractivity contribution in [3.05, 3.63) is 35.4 Å². The Kier molecular flexibility index (Phi) is 5.70. The zero-order chi connectivity index (χ0) is 17.0. The number of hydrogen-bond donors (Lipinski definition) is 2. The molecule has 1 saturated heterocycles. The van der Waals surface area contributed by atoms with Gasteiger partial charge in [0.05, 0.1) is 5.88 Å². The second-order valence-electron chi connectivity index (χ2n) is 6.70. The minimum Gasteiger partial charge on any atom is -0.353 e. The summed E-state index contributed by atoms with van der Waals surface area (Å²) < 4.78 is 0. The van der Waals surface area contributed by atoms with Crippen LogP contribution in [0.3, 0.4) is 0 Å². The molecule has 126 valence electrons. The highest BCUT2D eigenvalue weighted by atomic mass is 32.2. The van der Waals surface area contributed by atoms with E-state index in [1.807, 2.05) is 24.3 Å². The molecule has 1 aromatic rings. The topological polar surface area (TPSA) is 75.4 Å². The van der Waals surface area contributed by atoms with Gasteiger partial charge in [-0.3, -0.25) is 9.59 Å². The van der Waals surface area contributed by atoms with Crippen LogP contribution in [0.5, 0.6) is 0 Å². The second-order valence-corrected chi connectivity index (χ2v) is 7.70. The van der Waals surface area contributed by atoms with E-state index in [9.17, 15) is 9.59 Å². The molecule has 1 aliphatic heterocycles. The van der Waals surface area contributed by atoms with E-state index < -0.39 is 6.04 Å². The molecule has 0 bridgehead atoms. The molecule has 2 rings (SSSR count). The summed E-state index contributed by atoms with van der Waals surface area (Å²) in [6.45, 7) is 7.24. The lowest BCUT2D eigenvalue weighted by Gasteiger charge is -2.24. The van der Waals surface area contributed by atoms with E-state index in [1.54, 1.807) is 16.7 Å². The fourth-order valence-corrected chi connectivity index (χ4v) is 3.61. The summed E-state index contributed by atoms with van der Waals surface area (Å²) >= 11 is 1.60. The van der Waals surface area contributed by atoms with E-state index in [2.05, 4.69) is 26.1 Å². The van der Waals surface area contributed by atoms with Crippen LogP contribution in [0, 0.1) is 0 Å². The third-order valence-corrected chi connectivity index (χ3v) is 4.90. The second kappa shape index (κ2) is 7.36. The molecule has 0 aromatic heterocycles. The molecule has 0 saturated carbocycles. The van der Waals surface area contributed by atoms with Gasteiger partial charge in [0.1, 0.15) is 6.04 Å². The van der Waals surface area contributed by atoms with Gasteiger partial charge in [-0.15, -0.1) is 11.8 Å². The molecule has 5 nitrogen and oxygen atoms in total. The first-order valence-electron chi connectivity index (χ1n) is 7.81. The molecular formula is C17H25N3O2S. The summed E-state index contributed by atoms with van der Waals surface area (Å²) in [6, 6.07) is 7.25. The number of carbonyl (C=O) groups is 2. The Balaban J connectivity index is 2.11. The minimum atomic E-state index is -0.415. The zero-order valence-electron chi connectivity index (χ0n) is 14.0. The van der Waals surface area contributed by atoms with Gasteiger partial charge in [-0.2, -0.15) is 0 Å². The maximum Gasteiger partial charge on any atom is 0.255 e. The lowest BCUT2D eigenvalue weighted by molar-refractivity contribution is -0.124. The van der Waals surface area contributed by atoms with Crippen molar-refractivity contribution in [3.8, 4) is 0 Å². The molecule has 3 N–H and O–H groups in total. The number of hydrogen-bond acceptors (Lipinski definition) is 4. The Hall–Kier alpha value is -1.53. The third kappa shape index (κ3) is 4.26. The van der Waals surface area contributed by atoms with Crippen LogP contribution in [0.2, 0.25) is 0 Å². The highest BCUT2D eigenvalue weighted by Gasteiger charge is 2.34. The minimum absolute atomic E-state index is 0.0513. The first-order chi connectivity index (χ1) is 10.8. The highest BCUT2D eigenvalue weighted by molar-refractivity contribution is 7.99. The average Bonchev–Trinajstić information content (AvgIpc) is 3.00. The Labute approximate surface area is 142 Å². The number of thioether (sulfide) groups is 1. The number of benzene rings is 1. The molecule has 2 amide bonds. The number of carbonyl (C=O) groups excluding carboxylic acids is 2. The maximum atomic E-state index is 12.7. The molecule has 23 heavy (non-hydrogen) atoms. The summed E-state index contributed by atoms with van der Waals surface area (Å²) in [5.74, 6) is 0.950. The van der Waals surface area contributed by atoms with Gasteiger partial charge >= 0.3 is 0 Å². The fourth-order valence-electron chi connectivity index (χ4n) is 2.45. The third-order valence-electron chi connectivity index (χ3n) is 3.89. The van der Waals surface area contributed by atoms with Crippen LogP contribution >= 0.6 is 11.8 Å². The van der Waals surface area contributed by atoms with Crippen molar-refractivity contribution in [3.63, 3.8) is 0 Å². The molecule has 1 unspecified atom stereocenters. The van der Waals surface area contributed by atoms with E-state index in [0.717, 1.165) is 0 Å². The van der Waals surface area contributed by atoms with E-state index in [1.165, 1.54) is 5.56 Å². The monoisotopic (exact) mass is 335 g/mol. The maximum absolute atomic E-state index is 12.7. The SMILES string of the molecule is CC(C)(C)c1ccc(C(=O)N2CSCC2C(=O)NCCN)cc1. The zero-order valence-corrected chi connectivity index (χ0v) is 14.8. The van der Waals surface area contributed by atoms with Crippen LogP contribution in [0.1, 0.15) is 36.7 Å². The summed E-state index contributed by atoms with van der Waals surface area (Å²) in [5, 5.41) is 2.77. The van der Waals surface area contributed by atoms with Crippen LogP contribution in [0.15, 0.2) is 24.3 Å². The summed E-state index contributed by atoms with van der Waals surface area (Å²) in [7, 11) is 0. The summed E-state index contributed by atoms with van der Waals surface area (Å²) in [5.41, 5.74) is 7.27. The predicted octanol–water partition coefficient (Wildman–Crippen LogP) is 1.57. The fraction of sp³-hybridized carbons (Fsp3) is 0.529. The smallest absolute Gasteiger partial charge is 0.255 e. The van der Waals surface area contributed by atoms with Crippen molar-refractivity contribution in [1.82, 2.24) is 10.2 Å². The summed E-state index contributed by atoms with van der Waals surface area (Å²) in [6.07, 6.45) is 0. The van der Waals surface area contributed by atoms with Crippen LogP contribution in [0.4, 0.5) is 0 Å². The normalized spacial score (nSPS) is 18.1. The van der Waals surface area contributed by atoms with Crippen molar-refractivity contribution >= 4 is 23.6 Å². The van der Waals surface area contributed by atoms with Crippen molar-refractivity contribution in [1.29, 1.82) is 0 Å². The molecule has 0 spiro atoms. The van der Waals surface area contributed by atoms with Crippen LogP contribution in [-0.2, 0) is 10.2 Å². The van der Waals surface area contributed by atoms with Gasteiger partial charge in [0, 0.05) is 24.4 Å². The Morgan fingerprint density at radius 3 is 2.52 bits per heavy atom. The van der Waals surface area contributed by atoms with E-state index in [4.69, 9.17) is 5.73 Å². The molecule has 1 aliphatic rings. The molecule has 1 fully saturated rings. The quantitative estimate of drug-likeness (QED) is 0.876. The number of nitrogens with zero attached hydrogens (tertiary/aromatic N) is 1. The van der Waals surface area contributed by atoms with Gasteiger partial charge in [-0.25, -0.2) is 0 Å². The Bertz CT molecular complexity index is 566. The number of amides is 2. The number of rotatable bonds is 4. The van der Waals surface area contributed by atoms with Gasteiger partial charge in [0.15, 0.2) is 0 Å². The van der Waals surface area contributed by atoms with Crippen LogP contribution in [-0.4, -0.2) is 47.5 Å². The van der Waals surface area contributed by atoms with Gasteiger partial charge in [0.2, 0.25) is 5.91 Å². The number of nitrogens with two attached hydrogens (primary N) is 1. The van der Waals surface area contributed by atoms with E-state index in [-0.39, 0.29) is 17.2 Å². The molecule has 0 aliphatic carbocycles. The lowest BCUT2D eigenvalue weighted by atomic mass is 9.86. The highest BCUT2D eigenvalue weighted by Crippen LogP contribution is 2.25. The van der Waals surface area contributed by atoms with Gasteiger partial charge in [-0.1, -0.05) is 32.9 Å². The lowest BCUT2D eigenvalue weighted by Crippen LogP contribution is -2.48. The predicted molar refractivity (Wildman–Crippen MR) is 94.5 cm³/mol. The van der Waals surface area contributed by atoms with Crippen LogP contribution < -0.4 is 11.1 Å². The van der Waals surface area contributed by atoms with Gasteiger partial charge in [0.25, 0.3) is 5.91 Å². The van der Waals surface area contributed by atoms with Crippen molar-refractivity contribution < 1.29 is 9.59 Å². The van der Waals surface area contributed by atoms with Gasteiger partial charge < -0.3 is 16.0 Å². The molecule has 0 radical (unpaired) electrons. The first-order valence-corrected chi connectivity index (χ1v) is 8.97. The van der Waals surface area contributed by atoms with Crippen molar-refractivity contribution in [2.75, 3.05) is 24.7 Å². The summed E-state index contributed by atoms with van der Waals surface area (Å²) in [4.78, 5) is 26.5. The molecular weight excluding hydrogens is 310 g/mol. The number of nitrogens with one attached hydrogen (secondary N) is 1. The van der Waals surface area contributed by atoms with Crippen molar-refractivity contribution in [2.45, 2.75) is 32.2 Å². The first kappa shape index (κ1) is 17.8. The Morgan fingerprint density at radius 1 is 1.30 bits per heavy atom. The largest absolute Gasteiger partial charge is 0.353 e.